The molecule has 1 aromatic carbocycles. The topological polar surface area (TPSA) is 77.9 Å². The molecule has 1 aliphatic heterocycles. The molecule has 6 nitrogen and oxygen atoms in total. The van der Waals surface area contributed by atoms with Crippen LogP contribution in [0.2, 0.25) is 0 Å². The molecule has 2 amide bonds. The van der Waals surface area contributed by atoms with E-state index in [-0.39, 0.29) is 30.8 Å². The van der Waals surface area contributed by atoms with Gasteiger partial charge in [-0.25, -0.2) is 0 Å². The summed E-state index contributed by atoms with van der Waals surface area (Å²) < 4.78 is 0. The zero-order valence-corrected chi connectivity index (χ0v) is 15.8. The van der Waals surface area contributed by atoms with Crippen LogP contribution < -0.4 is 0 Å². The first kappa shape index (κ1) is 19.9. The van der Waals surface area contributed by atoms with Crippen molar-refractivity contribution < 1.29 is 19.5 Å². The van der Waals surface area contributed by atoms with Gasteiger partial charge in [-0.3, -0.25) is 14.4 Å². The van der Waals surface area contributed by atoms with E-state index in [0.29, 0.717) is 25.9 Å². The fourth-order valence-electron chi connectivity index (χ4n) is 3.46. The summed E-state index contributed by atoms with van der Waals surface area (Å²) in [6, 6.07) is 9.81. The Morgan fingerprint density at radius 2 is 1.88 bits per heavy atom. The highest BCUT2D eigenvalue weighted by Crippen LogP contribution is 2.38. The molecule has 142 valence electrons. The number of aliphatic carboxylic acids is 1. The Balaban J connectivity index is 1.97. The second kappa shape index (κ2) is 8.34. The molecule has 1 fully saturated rings. The zero-order chi connectivity index (χ0) is 19.3. The number of rotatable bonds is 7. The number of amides is 2. The summed E-state index contributed by atoms with van der Waals surface area (Å²) in [6.07, 6.45) is 1.13. The number of likely N-dealkylation sites (tertiary alicyclic amines) is 1. The van der Waals surface area contributed by atoms with Crippen molar-refractivity contribution >= 4 is 17.8 Å². The minimum Gasteiger partial charge on any atom is -0.481 e. The Bertz CT molecular complexity index is 659. The summed E-state index contributed by atoms with van der Waals surface area (Å²) in [5.41, 5.74) is 0.220. The number of carbonyl (C=O) groups excluding carboxylic acids is 2. The first-order valence-electron chi connectivity index (χ1n) is 9.07. The zero-order valence-electron chi connectivity index (χ0n) is 15.8. The van der Waals surface area contributed by atoms with Gasteiger partial charge in [-0.2, -0.15) is 0 Å². The van der Waals surface area contributed by atoms with Crippen LogP contribution in [0, 0.1) is 11.3 Å². The van der Waals surface area contributed by atoms with Gasteiger partial charge in [0.2, 0.25) is 11.8 Å². The third-order valence-corrected chi connectivity index (χ3v) is 5.47. The average Bonchev–Trinajstić information content (AvgIpc) is 3.06. The minimum absolute atomic E-state index is 0.00401. The van der Waals surface area contributed by atoms with Crippen molar-refractivity contribution in [3.63, 3.8) is 0 Å². The number of carboxylic acid groups (broad SMARTS) is 1. The highest BCUT2D eigenvalue weighted by molar-refractivity contribution is 5.85. The normalized spacial score (nSPS) is 19.6. The molecular formula is C20H28N2O4. The molecule has 6 heteroatoms. The second-order valence-corrected chi connectivity index (χ2v) is 7.36. The fraction of sp³-hybridized carbons (Fsp3) is 0.550. The van der Waals surface area contributed by atoms with E-state index in [1.54, 1.807) is 4.90 Å². The molecule has 26 heavy (non-hydrogen) atoms. The molecule has 0 aliphatic carbocycles. The maximum atomic E-state index is 12.6. The second-order valence-electron chi connectivity index (χ2n) is 7.36. The van der Waals surface area contributed by atoms with Gasteiger partial charge in [-0.1, -0.05) is 44.2 Å². The molecule has 0 aromatic heterocycles. The summed E-state index contributed by atoms with van der Waals surface area (Å²) in [5.74, 6) is -1.24. The quantitative estimate of drug-likeness (QED) is 0.807. The van der Waals surface area contributed by atoms with Crippen LogP contribution in [0.15, 0.2) is 30.3 Å². The molecule has 0 bridgehead atoms. The van der Waals surface area contributed by atoms with E-state index < -0.39 is 11.4 Å². The Morgan fingerprint density at radius 1 is 1.23 bits per heavy atom. The van der Waals surface area contributed by atoms with Crippen LogP contribution in [0.5, 0.6) is 0 Å². The van der Waals surface area contributed by atoms with Crippen molar-refractivity contribution in [2.75, 3.05) is 26.2 Å². The van der Waals surface area contributed by atoms with E-state index in [4.69, 9.17) is 0 Å². The first-order valence-corrected chi connectivity index (χ1v) is 9.07. The van der Waals surface area contributed by atoms with E-state index in [9.17, 15) is 19.5 Å². The van der Waals surface area contributed by atoms with E-state index in [1.165, 1.54) is 11.8 Å². The molecule has 0 saturated carbocycles. The number of carboxylic acids is 1. The molecule has 1 aromatic rings. The summed E-state index contributed by atoms with van der Waals surface area (Å²) in [6.45, 7) is 6.31. The van der Waals surface area contributed by atoms with Gasteiger partial charge in [-0.15, -0.1) is 0 Å². The molecular weight excluding hydrogens is 332 g/mol. The summed E-state index contributed by atoms with van der Waals surface area (Å²) >= 11 is 0. The molecule has 2 rings (SSSR count). The molecule has 1 saturated heterocycles. The van der Waals surface area contributed by atoms with Crippen LogP contribution in [-0.2, 0) is 20.8 Å². The largest absolute Gasteiger partial charge is 0.481 e. The van der Waals surface area contributed by atoms with Crippen LogP contribution in [0.25, 0.3) is 0 Å². The van der Waals surface area contributed by atoms with Gasteiger partial charge in [0.1, 0.15) is 0 Å². The van der Waals surface area contributed by atoms with Crippen LogP contribution >= 0.6 is 0 Å². The smallest absolute Gasteiger partial charge is 0.311 e. The van der Waals surface area contributed by atoms with Gasteiger partial charge in [-0.05, 0) is 24.3 Å². The Morgan fingerprint density at radius 3 is 2.38 bits per heavy atom. The predicted octanol–water partition coefficient (Wildman–Crippen LogP) is 2.04. The van der Waals surface area contributed by atoms with Crippen LogP contribution in [0.4, 0.5) is 0 Å². The van der Waals surface area contributed by atoms with Crippen molar-refractivity contribution in [3.05, 3.63) is 35.9 Å². The maximum Gasteiger partial charge on any atom is 0.311 e. The number of nitrogens with zero attached hydrogens (tertiary/aromatic N) is 2. The maximum absolute atomic E-state index is 12.6. The SMILES string of the molecule is CC(=O)N(CCc1ccccc1)CC(=O)N1CCC(C(=O)O)(C(C)C)C1. The van der Waals surface area contributed by atoms with Gasteiger partial charge in [0.25, 0.3) is 0 Å². The van der Waals surface area contributed by atoms with E-state index in [2.05, 4.69) is 0 Å². The lowest BCUT2D eigenvalue weighted by Gasteiger charge is -2.29. The van der Waals surface area contributed by atoms with Crippen LogP contribution in [0.3, 0.4) is 0 Å². The van der Waals surface area contributed by atoms with E-state index in [0.717, 1.165) is 5.56 Å². The van der Waals surface area contributed by atoms with Gasteiger partial charge in [0, 0.05) is 26.6 Å². The lowest BCUT2D eigenvalue weighted by atomic mass is 9.76. The fourth-order valence-corrected chi connectivity index (χ4v) is 3.46. The molecule has 1 N–H and O–H groups in total. The third-order valence-electron chi connectivity index (χ3n) is 5.47. The Hall–Kier alpha value is -2.37. The highest BCUT2D eigenvalue weighted by atomic mass is 16.4. The van der Waals surface area contributed by atoms with Gasteiger partial charge in [0.05, 0.1) is 12.0 Å². The minimum atomic E-state index is -0.888. The molecule has 1 unspecified atom stereocenters. The number of carbonyl (C=O) groups is 3. The molecule has 1 aliphatic rings. The van der Waals surface area contributed by atoms with Crippen molar-refractivity contribution in [2.45, 2.75) is 33.6 Å². The first-order chi connectivity index (χ1) is 12.3. The lowest BCUT2D eigenvalue weighted by Crippen LogP contribution is -2.45. The predicted molar refractivity (Wildman–Crippen MR) is 98.5 cm³/mol. The van der Waals surface area contributed by atoms with Crippen molar-refractivity contribution in [3.8, 4) is 0 Å². The Labute approximate surface area is 154 Å². The van der Waals surface area contributed by atoms with E-state index in [1.807, 2.05) is 44.2 Å². The summed E-state index contributed by atoms with van der Waals surface area (Å²) in [5, 5.41) is 9.61. The van der Waals surface area contributed by atoms with Gasteiger partial charge >= 0.3 is 5.97 Å². The number of hydrogen-bond donors (Lipinski definition) is 1. The van der Waals surface area contributed by atoms with E-state index >= 15 is 0 Å². The highest BCUT2D eigenvalue weighted by Gasteiger charge is 2.48. The average molecular weight is 360 g/mol. The lowest BCUT2D eigenvalue weighted by molar-refractivity contribution is -0.151. The molecule has 1 heterocycles. The van der Waals surface area contributed by atoms with Crippen LogP contribution in [-0.4, -0.2) is 58.9 Å². The van der Waals surface area contributed by atoms with Gasteiger partial charge in [0.15, 0.2) is 0 Å². The summed E-state index contributed by atoms with van der Waals surface area (Å²) in [4.78, 5) is 39.4. The molecule has 0 spiro atoms. The van der Waals surface area contributed by atoms with Crippen molar-refractivity contribution in [1.82, 2.24) is 9.80 Å². The Kier molecular flexibility index (Phi) is 6.40. The molecule has 0 radical (unpaired) electrons. The monoisotopic (exact) mass is 360 g/mol. The third kappa shape index (κ3) is 4.42. The van der Waals surface area contributed by atoms with Crippen molar-refractivity contribution in [1.29, 1.82) is 0 Å². The number of hydrogen-bond acceptors (Lipinski definition) is 3. The van der Waals surface area contributed by atoms with Gasteiger partial charge < -0.3 is 14.9 Å². The standard InChI is InChI=1S/C20H28N2O4/c1-15(2)20(19(25)26)10-12-22(14-20)18(24)13-21(16(3)23)11-9-17-7-5-4-6-8-17/h4-8,15H,9-14H2,1-3H3,(H,25,26). The van der Waals surface area contributed by atoms with Crippen molar-refractivity contribution in [2.24, 2.45) is 11.3 Å². The number of benzene rings is 1. The van der Waals surface area contributed by atoms with Crippen LogP contribution in [0.1, 0.15) is 32.8 Å². The summed E-state index contributed by atoms with van der Waals surface area (Å²) in [7, 11) is 0. The molecule has 1 atom stereocenters.